The SMILES string of the molecule is CN1C=C(c2ccccc2Cl)S[NH+]1c1ccccc1Cl.CN1C=C(c2ccccc2Cl)S[NH+]1c1ccccc1Cl.O=S(=O)([O-])[O-]. The summed E-state index contributed by atoms with van der Waals surface area (Å²) in [7, 11) is -1.12. The van der Waals surface area contributed by atoms with Crippen molar-refractivity contribution < 1.29 is 26.4 Å². The Morgan fingerprint density at radius 3 is 1.16 bits per heavy atom. The zero-order valence-corrected chi connectivity index (χ0v) is 29.1. The van der Waals surface area contributed by atoms with Crippen molar-refractivity contribution in [1.82, 2.24) is 10.0 Å². The van der Waals surface area contributed by atoms with Crippen molar-refractivity contribution >= 4 is 102 Å². The van der Waals surface area contributed by atoms with E-state index in [0.29, 0.717) is 0 Å². The fraction of sp³-hybridized carbons (Fsp3) is 0.0667. The number of quaternary nitrogens is 2. The first-order valence-corrected chi connectivity index (χ1v) is 17.5. The quantitative estimate of drug-likeness (QED) is 0.136. The van der Waals surface area contributed by atoms with Gasteiger partial charge in [-0.3, -0.25) is 8.42 Å². The lowest BCUT2D eigenvalue weighted by Gasteiger charge is -2.18. The molecular formula is C30H26Cl4N4O4S3. The molecule has 4 aromatic carbocycles. The molecule has 0 aliphatic carbocycles. The van der Waals surface area contributed by atoms with Crippen molar-refractivity contribution in [3.8, 4) is 0 Å². The molecule has 2 aliphatic rings. The third-order valence-electron chi connectivity index (χ3n) is 6.16. The monoisotopic (exact) mass is 742 g/mol. The van der Waals surface area contributed by atoms with Crippen LogP contribution in [0.3, 0.4) is 0 Å². The number of rotatable bonds is 4. The van der Waals surface area contributed by atoms with Gasteiger partial charge in [0.05, 0.1) is 36.3 Å². The second-order valence-electron chi connectivity index (χ2n) is 9.35. The Morgan fingerprint density at radius 2 is 0.844 bits per heavy atom. The molecule has 0 spiro atoms. The maximum Gasteiger partial charge on any atom is 0.186 e. The molecule has 2 N–H and O–H groups in total. The van der Waals surface area contributed by atoms with Crippen LogP contribution in [0.1, 0.15) is 11.1 Å². The van der Waals surface area contributed by atoms with E-state index in [2.05, 4.69) is 22.4 Å². The van der Waals surface area contributed by atoms with Gasteiger partial charge in [0.2, 0.25) is 0 Å². The summed E-state index contributed by atoms with van der Waals surface area (Å²) in [4.78, 5) is 2.26. The number of halogens is 4. The minimum absolute atomic E-state index is 0.760. The molecule has 0 aromatic heterocycles. The zero-order chi connectivity index (χ0) is 32.7. The van der Waals surface area contributed by atoms with E-state index in [4.69, 9.17) is 63.9 Å². The number of nitrogens with one attached hydrogen (secondary N) is 2. The number of hydrogen-bond acceptors (Lipinski definition) is 8. The van der Waals surface area contributed by atoms with Crippen LogP contribution in [-0.4, -0.2) is 41.6 Å². The lowest BCUT2D eigenvalue weighted by molar-refractivity contribution is -0.808. The first kappa shape index (κ1) is 35.5. The molecule has 236 valence electrons. The Balaban J connectivity index is 0.000000179. The number of hydrogen-bond donors (Lipinski definition) is 2. The van der Waals surface area contributed by atoms with Gasteiger partial charge < -0.3 is 9.11 Å². The molecule has 0 amide bonds. The van der Waals surface area contributed by atoms with E-state index in [-0.39, 0.29) is 0 Å². The first-order chi connectivity index (χ1) is 21.3. The van der Waals surface area contributed by atoms with Crippen LogP contribution in [0, 0.1) is 0 Å². The molecule has 0 radical (unpaired) electrons. The molecular weight excluding hydrogens is 718 g/mol. The highest BCUT2D eigenvalue weighted by atomic mass is 35.5. The summed E-state index contributed by atoms with van der Waals surface area (Å²) in [6.07, 6.45) is 4.18. The molecule has 45 heavy (non-hydrogen) atoms. The molecule has 0 saturated carbocycles. The number of nitrogens with zero attached hydrogens (tertiary/aromatic N) is 2. The van der Waals surface area contributed by atoms with Crippen LogP contribution in [0.5, 0.6) is 0 Å². The normalized spacial score (nSPS) is 17.5. The van der Waals surface area contributed by atoms with Gasteiger partial charge in [-0.1, -0.05) is 107 Å². The van der Waals surface area contributed by atoms with Crippen molar-refractivity contribution in [2.75, 3.05) is 14.1 Å². The van der Waals surface area contributed by atoms with E-state index < -0.39 is 10.4 Å². The van der Waals surface area contributed by atoms with Gasteiger partial charge in [0.1, 0.15) is 33.9 Å². The lowest BCUT2D eigenvalue weighted by atomic mass is 10.2. The van der Waals surface area contributed by atoms with Crippen molar-refractivity contribution in [3.63, 3.8) is 0 Å². The summed E-state index contributed by atoms with van der Waals surface area (Å²) in [5, 5.41) is 7.22. The zero-order valence-electron chi connectivity index (χ0n) is 23.7. The second-order valence-corrected chi connectivity index (χ2v) is 13.9. The highest BCUT2D eigenvalue weighted by molar-refractivity contribution is 8.03. The number of benzene rings is 4. The molecule has 0 fully saturated rings. The van der Waals surface area contributed by atoms with Crippen molar-refractivity contribution in [2.24, 2.45) is 0 Å². The third kappa shape index (κ3) is 9.80. The van der Waals surface area contributed by atoms with E-state index in [1.54, 1.807) is 23.9 Å². The molecule has 2 atom stereocenters. The van der Waals surface area contributed by atoms with E-state index in [0.717, 1.165) is 61.2 Å². The molecule has 2 heterocycles. The Morgan fingerprint density at radius 1 is 0.556 bits per heavy atom. The van der Waals surface area contributed by atoms with Gasteiger partial charge in [-0.25, -0.2) is 10.0 Å². The minimum Gasteiger partial charge on any atom is -0.759 e. The van der Waals surface area contributed by atoms with Crippen LogP contribution in [0.2, 0.25) is 20.1 Å². The van der Waals surface area contributed by atoms with Gasteiger partial charge in [0.25, 0.3) is 0 Å². The summed E-state index contributed by atoms with van der Waals surface area (Å²) in [6, 6.07) is 31.5. The topological polar surface area (TPSA) is 95.6 Å². The van der Waals surface area contributed by atoms with Gasteiger partial charge in [0, 0.05) is 43.7 Å². The fourth-order valence-corrected chi connectivity index (χ4v) is 7.74. The smallest absolute Gasteiger partial charge is 0.186 e. The van der Waals surface area contributed by atoms with E-state index in [1.165, 1.54) is 0 Å². The highest BCUT2D eigenvalue weighted by Crippen LogP contribution is 2.35. The first-order valence-electron chi connectivity index (χ1n) is 13.0. The van der Waals surface area contributed by atoms with Crippen molar-refractivity contribution in [3.05, 3.63) is 141 Å². The van der Waals surface area contributed by atoms with Crippen LogP contribution in [0.4, 0.5) is 11.4 Å². The summed E-state index contributed by atoms with van der Waals surface area (Å²) >= 11 is 28.5. The van der Waals surface area contributed by atoms with Gasteiger partial charge in [0.15, 0.2) is 11.4 Å². The Bertz CT molecular complexity index is 1700. The van der Waals surface area contributed by atoms with Crippen molar-refractivity contribution in [2.45, 2.75) is 0 Å². The standard InChI is InChI=1S/2C15H12Cl2N2S.H2O4S/c2*1-18-10-15(11-6-2-3-7-12(11)16)20-19(18)14-9-5-4-8-13(14)17;1-5(2,3)4/h2*2-10H,1H3;(H2,1,2,3,4). The molecule has 0 saturated heterocycles. The largest absolute Gasteiger partial charge is 0.759 e. The van der Waals surface area contributed by atoms with Crippen LogP contribution < -0.4 is 8.83 Å². The predicted octanol–water partition coefficient (Wildman–Crippen LogP) is 6.70. The van der Waals surface area contributed by atoms with Crippen LogP contribution in [0.25, 0.3) is 9.81 Å². The average Bonchev–Trinajstić information content (AvgIpc) is 3.56. The summed E-state index contributed by atoms with van der Waals surface area (Å²) in [5.74, 6) is 0. The average molecular weight is 745 g/mol. The molecule has 8 nitrogen and oxygen atoms in total. The van der Waals surface area contributed by atoms with Gasteiger partial charge in [-0.15, -0.1) is 8.83 Å². The fourth-order valence-electron chi connectivity index (χ4n) is 4.20. The minimum atomic E-state index is -5.17. The van der Waals surface area contributed by atoms with Crippen molar-refractivity contribution in [1.29, 1.82) is 0 Å². The molecule has 2 unspecified atom stereocenters. The molecule has 6 rings (SSSR count). The Kier molecular flexibility index (Phi) is 12.6. The molecule has 4 aromatic rings. The van der Waals surface area contributed by atoms with Crippen LogP contribution in [-0.2, 0) is 10.4 Å². The van der Waals surface area contributed by atoms with Gasteiger partial charge in [-0.05, 0) is 24.3 Å². The van der Waals surface area contributed by atoms with E-state index in [9.17, 15) is 0 Å². The third-order valence-corrected chi connectivity index (χ3v) is 9.97. The lowest BCUT2D eigenvalue weighted by Crippen LogP contribution is -3.04. The molecule has 15 heteroatoms. The van der Waals surface area contributed by atoms with E-state index in [1.807, 2.05) is 111 Å². The van der Waals surface area contributed by atoms with Gasteiger partial charge in [-0.2, -0.15) is 0 Å². The Labute approximate surface area is 291 Å². The van der Waals surface area contributed by atoms with Gasteiger partial charge >= 0.3 is 0 Å². The molecule has 2 aliphatic heterocycles. The van der Waals surface area contributed by atoms with Crippen LogP contribution in [0.15, 0.2) is 109 Å². The maximum absolute atomic E-state index is 8.52. The molecule has 0 bridgehead atoms. The maximum atomic E-state index is 8.52. The van der Waals surface area contributed by atoms with Crippen LogP contribution >= 0.6 is 70.3 Å². The summed E-state index contributed by atoms with van der Waals surface area (Å²) < 4.78 is 36.3. The summed E-state index contributed by atoms with van der Waals surface area (Å²) in [6.45, 7) is 0. The van der Waals surface area contributed by atoms with E-state index >= 15 is 0 Å². The summed E-state index contributed by atoms with van der Waals surface area (Å²) in [5.41, 5.74) is 4.18. The Hall–Kier alpha value is -2.39. The predicted molar refractivity (Wildman–Crippen MR) is 184 cm³/mol. The second kappa shape index (κ2) is 15.9. The highest BCUT2D eigenvalue weighted by Gasteiger charge is 2.32.